The van der Waals surface area contributed by atoms with Gasteiger partial charge in [0.15, 0.2) is 0 Å². The summed E-state index contributed by atoms with van der Waals surface area (Å²) in [4.78, 5) is 21.9. The molecule has 2 amide bonds. The Morgan fingerprint density at radius 1 is 1.31 bits per heavy atom. The first-order valence-electron chi connectivity index (χ1n) is 10.9. The second-order valence-electron chi connectivity index (χ2n) is 9.09. The van der Waals surface area contributed by atoms with E-state index in [9.17, 15) is 9.36 Å². The van der Waals surface area contributed by atoms with Gasteiger partial charge >= 0.3 is 6.03 Å². The van der Waals surface area contributed by atoms with E-state index in [1.807, 2.05) is 24.1 Å². The van der Waals surface area contributed by atoms with Gasteiger partial charge in [-0.15, -0.1) is 0 Å². The van der Waals surface area contributed by atoms with Crippen LogP contribution in [0.15, 0.2) is 24.5 Å². The van der Waals surface area contributed by atoms with Gasteiger partial charge in [0.25, 0.3) is 0 Å². The number of nitrogens with zero attached hydrogens (tertiary/aromatic N) is 4. The molecule has 166 valence electrons. The second kappa shape index (κ2) is 7.53. The maximum Gasteiger partial charge on any atom is 0.317 e. The molecule has 8 nitrogen and oxygen atoms in total. The molecule has 2 N–H and O–H groups in total. The Kier molecular flexibility index (Phi) is 4.90. The van der Waals surface area contributed by atoms with Crippen LogP contribution in [0.25, 0.3) is 22.3 Å². The van der Waals surface area contributed by atoms with Gasteiger partial charge in [-0.05, 0) is 50.9 Å². The molecule has 32 heavy (non-hydrogen) atoms. The topological polar surface area (TPSA) is 95.9 Å². The molecular formula is C23H27N6O2P. The molecule has 0 radical (unpaired) electrons. The van der Waals surface area contributed by atoms with Gasteiger partial charge in [-0.25, -0.2) is 9.78 Å². The first-order valence-corrected chi connectivity index (χ1v) is 13.5. The van der Waals surface area contributed by atoms with Crippen LogP contribution in [0.4, 0.5) is 4.79 Å². The Labute approximate surface area is 187 Å². The number of fused-ring (bicyclic) bond motifs is 3. The smallest absolute Gasteiger partial charge is 0.317 e. The van der Waals surface area contributed by atoms with Crippen molar-refractivity contribution in [3.8, 4) is 22.8 Å². The van der Waals surface area contributed by atoms with Crippen LogP contribution in [0.1, 0.15) is 31.0 Å². The van der Waals surface area contributed by atoms with E-state index in [0.717, 1.165) is 60.3 Å². The lowest BCUT2D eigenvalue weighted by Crippen LogP contribution is -2.40. The molecule has 1 saturated heterocycles. The number of likely N-dealkylation sites (tertiary alicyclic amines) is 1. The molecule has 0 aliphatic carbocycles. The first kappa shape index (κ1) is 20.8. The number of carbonyl (C=O) groups excluding carboxylic acids is 1. The van der Waals surface area contributed by atoms with Gasteiger partial charge in [0.05, 0.1) is 11.3 Å². The van der Waals surface area contributed by atoms with Gasteiger partial charge in [-0.3, -0.25) is 4.68 Å². The SMILES string of the molecule is CCNC(=O)N1CCC2(CCn3nc(-c4cnc5[nH]cc(C#CP(C)(C)=O)c5c4)cc32)C1. The number of rotatable bonds is 2. The molecule has 0 aromatic carbocycles. The van der Waals surface area contributed by atoms with E-state index >= 15 is 0 Å². The molecule has 2 aliphatic rings. The number of hydrogen-bond acceptors (Lipinski definition) is 4. The van der Waals surface area contributed by atoms with Crippen LogP contribution < -0.4 is 5.32 Å². The van der Waals surface area contributed by atoms with Crippen LogP contribution in [-0.2, 0) is 16.5 Å². The van der Waals surface area contributed by atoms with E-state index < -0.39 is 7.14 Å². The third-order valence-corrected chi connectivity index (χ3v) is 7.03. The van der Waals surface area contributed by atoms with Crippen molar-refractivity contribution < 1.29 is 9.36 Å². The van der Waals surface area contributed by atoms with Crippen LogP contribution in [0, 0.1) is 11.6 Å². The summed E-state index contributed by atoms with van der Waals surface area (Å²) >= 11 is 0. The van der Waals surface area contributed by atoms with Crippen LogP contribution in [-0.4, -0.2) is 63.6 Å². The Balaban J connectivity index is 1.47. The van der Waals surface area contributed by atoms with Gasteiger partial charge < -0.3 is 19.8 Å². The molecular weight excluding hydrogens is 423 g/mol. The zero-order valence-electron chi connectivity index (χ0n) is 18.6. The molecule has 0 saturated carbocycles. The second-order valence-corrected chi connectivity index (χ2v) is 12.0. The highest BCUT2D eigenvalue weighted by Crippen LogP contribution is 2.44. The van der Waals surface area contributed by atoms with Crippen LogP contribution in [0.3, 0.4) is 0 Å². The molecule has 3 aromatic heterocycles. The van der Waals surface area contributed by atoms with Crippen molar-refractivity contribution >= 4 is 24.2 Å². The summed E-state index contributed by atoms with van der Waals surface area (Å²) in [6.45, 7) is 8.26. The van der Waals surface area contributed by atoms with Gasteiger partial charge in [0.1, 0.15) is 12.8 Å². The lowest BCUT2D eigenvalue weighted by molar-refractivity contribution is 0.206. The zero-order valence-corrected chi connectivity index (χ0v) is 19.5. The molecule has 0 bridgehead atoms. The number of aryl methyl sites for hydroxylation is 1. The molecule has 5 rings (SSSR count). The number of H-pyrrole nitrogens is 1. The average Bonchev–Trinajstić information content (AvgIpc) is 3.51. The summed E-state index contributed by atoms with van der Waals surface area (Å²) in [5.74, 6) is 3.04. The fourth-order valence-electron chi connectivity index (χ4n) is 4.77. The van der Waals surface area contributed by atoms with Gasteiger partial charge in [0.2, 0.25) is 0 Å². The molecule has 1 spiro atoms. The number of carbonyl (C=O) groups is 1. The molecule has 1 atom stereocenters. The quantitative estimate of drug-likeness (QED) is 0.462. The lowest BCUT2D eigenvalue weighted by atomic mass is 9.82. The highest BCUT2D eigenvalue weighted by molar-refractivity contribution is 7.67. The summed E-state index contributed by atoms with van der Waals surface area (Å²) in [6.07, 6.45) is 5.59. The van der Waals surface area contributed by atoms with E-state index in [2.05, 4.69) is 37.6 Å². The number of aromatic nitrogens is 4. The van der Waals surface area contributed by atoms with Crippen LogP contribution >= 0.6 is 7.14 Å². The third-order valence-electron chi connectivity index (χ3n) is 6.38. The minimum atomic E-state index is -2.43. The predicted molar refractivity (Wildman–Crippen MR) is 125 cm³/mol. The average molecular weight is 450 g/mol. The fraction of sp³-hybridized carbons (Fsp3) is 0.435. The Hall–Kier alpha value is -3.04. The van der Waals surface area contributed by atoms with Gasteiger partial charge in [-0.1, -0.05) is 5.92 Å². The van der Waals surface area contributed by atoms with E-state index in [1.54, 1.807) is 19.5 Å². The normalized spacial score (nSPS) is 19.9. The van der Waals surface area contributed by atoms with Crippen molar-refractivity contribution in [3.05, 3.63) is 35.8 Å². The molecule has 1 fully saturated rings. The lowest BCUT2D eigenvalue weighted by Gasteiger charge is -2.23. The fourth-order valence-corrected chi connectivity index (χ4v) is 5.16. The number of aromatic amines is 1. The van der Waals surface area contributed by atoms with Crippen LogP contribution in [0.5, 0.6) is 0 Å². The standard InChI is InChI=1S/C23H27N6O2P/c1-4-24-22(30)28-8-6-23(15-28)7-9-29-20(23)12-19(27-29)17-11-18-16(5-10-32(2,3)31)13-25-21(18)26-14-17/h11-14H,4,6-9,15H2,1-3H3,(H,24,30)(H,25,26). The largest absolute Gasteiger partial charge is 0.345 e. The number of hydrogen-bond donors (Lipinski definition) is 2. The first-order chi connectivity index (χ1) is 15.3. The number of amides is 2. The summed E-state index contributed by atoms with van der Waals surface area (Å²) in [7, 11) is -2.43. The van der Waals surface area contributed by atoms with E-state index in [-0.39, 0.29) is 11.4 Å². The monoisotopic (exact) mass is 450 g/mol. The maximum atomic E-state index is 12.3. The Morgan fingerprint density at radius 3 is 2.91 bits per heavy atom. The minimum Gasteiger partial charge on any atom is -0.345 e. The predicted octanol–water partition coefficient (Wildman–Crippen LogP) is 3.43. The number of nitrogens with one attached hydrogen (secondary N) is 2. The van der Waals surface area contributed by atoms with Gasteiger partial charge in [-0.2, -0.15) is 5.10 Å². The zero-order chi connectivity index (χ0) is 22.5. The van der Waals surface area contributed by atoms with E-state index in [1.165, 1.54) is 5.69 Å². The van der Waals surface area contributed by atoms with Crippen molar-refractivity contribution in [2.24, 2.45) is 0 Å². The molecule has 1 unspecified atom stereocenters. The van der Waals surface area contributed by atoms with Crippen molar-refractivity contribution in [1.82, 2.24) is 30.0 Å². The van der Waals surface area contributed by atoms with Crippen molar-refractivity contribution in [2.45, 2.75) is 31.7 Å². The maximum absolute atomic E-state index is 12.3. The number of urea groups is 1. The molecule has 2 aliphatic heterocycles. The highest BCUT2D eigenvalue weighted by Gasteiger charge is 2.46. The van der Waals surface area contributed by atoms with E-state index in [0.29, 0.717) is 6.54 Å². The van der Waals surface area contributed by atoms with Crippen LogP contribution in [0.2, 0.25) is 0 Å². The number of pyridine rings is 1. The van der Waals surface area contributed by atoms with Crippen molar-refractivity contribution in [3.63, 3.8) is 0 Å². The highest BCUT2D eigenvalue weighted by atomic mass is 31.2. The minimum absolute atomic E-state index is 0.0158. The summed E-state index contributed by atoms with van der Waals surface area (Å²) in [5, 5.41) is 8.67. The summed E-state index contributed by atoms with van der Waals surface area (Å²) in [5.41, 5.74) is 7.37. The van der Waals surface area contributed by atoms with Crippen molar-refractivity contribution in [2.75, 3.05) is 33.0 Å². The molecule has 3 aromatic rings. The Morgan fingerprint density at radius 2 is 2.12 bits per heavy atom. The van der Waals surface area contributed by atoms with Crippen molar-refractivity contribution in [1.29, 1.82) is 0 Å². The van der Waals surface area contributed by atoms with Gasteiger partial charge in [0, 0.05) is 60.6 Å². The molecule has 9 heteroatoms. The third kappa shape index (κ3) is 3.61. The summed E-state index contributed by atoms with van der Waals surface area (Å²) in [6, 6.07) is 4.21. The molecule has 5 heterocycles. The Bertz CT molecular complexity index is 1320. The summed E-state index contributed by atoms with van der Waals surface area (Å²) < 4.78 is 14.1. The van der Waals surface area contributed by atoms with E-state index in [4.69, 9.17) is 5.10 Å².